The van der Waals surface area contributed by atoms with Crippen LogP contribution >= 0.6 is 11.3 Å². The summed E-state index contributed by atoms with van der Waals surface area (Å²) in [7, 11) is 5.74. The largest absolute Gasteiger partial charge is 0.416 e. The van der Waals surface area contributed by atoms with Crippen LogP contribution in [0.5, 0.6) is 0 Å². The van der Waals surface area contributed by atoms with Crippen LogP contribution in [-0.4, -0.2) is 17.8 Å². The number of nitrogens with two attached hydrogens (primary N) is 1. The minimum Gasteiger partial charge on any atom is -0.399 e. The van der Waals surface area contributed by atoms with Gasteiger partial charge in [0.05, 0.1) is 10.9 Å². The quantitative estimate of drug-likeness (QED) is 0.571. The van der Waals surface area contributed by atoms with Crippen molar-refractivity contribution in [3.63, 3.8) is 0 Å². The van der Waals surface area contributed by atoms with Gasteiger partial charge >= 0.3 is 6.18 Å². The van der Waals surface area contributed by atoms with E-state index in [4.69, 9.17) is 13.6 Å². The van der Waals surface area contributed by atoms with Crippen LogP contribution in [-0.2, 0) is 12.7 Å². The molecule has 0 bridgehead atoms. The fourth-order valence-corrected chi connectivity index (χ4v) is 2.95. The van der Waals surface area contributed by atoms with E-state index < -0.39 is 11.7 Å². The zero-order valence-corrected chi connectivity index (χ0v) is 12.5. The molecule has 9 heteroatoms. The fourth-order valence-electron chi connectivity index (χ4n) is 2.18. The number of alkyl halides is 3. The Morgan fingerprint density at radius 3 is 2.70 bits per heavy atom. The van der Waals surface area contributed by atoms with Crippen molar-refractivity contribution in [1.82, 2.24) is 9.97 Å². The van der Waals surface area contributed by atoms with Crippen molar-refractivity contribution in [3.05, 3.63) is 41.7 Å². The molecule has 0 unspecified atom stereocenters. The molecule has 2 aromatic heterocycles. The number of halogens is 3. The molecule has 0 aliphatic carbocycles. The molecule has 116 valence electrons. The van der Waals surface area contributed by atoms with Crippen LogP contribution in [0, 0.1) is 0 Å². The van der Waals surface area contributed by atoms with Gasteiger partial charge in [-0.2, -0.15) is 13.2 Å². The average Bonchev–Trinajstić information content (AvgIpc) is 2.84. The second kappa shape index (κ2) is 5.73. The zero-order chi connectivity index (χ0) is 16.6. The number of hydrogen-bond acceptors (Lipinski definition) is 5. The minimum absolute atomic E-state index is 0.0595. The van der Waals surface area contributed by atoms with Crippen LogP contribution in [0.3, 0.4) is 0 Å². The van der Waals surface area contributed by atoms with E-state index in [-0.39, 0.29) is 12.2 Å². The number of thiophene rings is 1. The summed E-state index contributed by atoms with van der Waals surface area (Å²) in [6.07, 6.45) is -3.06. The summed E-state index contributed by atoms with van der Waals surface area (Å²) < 4.78 is 39.0. The lowest BCUT2D eigenvalue weighted by molar-refractivity contribution is -0.137. The molecule has 3 aromatic rings. The van der Waals surface area contributed by atoms with E-state index in [1.54, 1.807) is 6.07 Å². The molecule has 23 heavy (non-hydrogen) atoms. The number of anilines is 2. The number of hydrogen-bond donors (Lipinski definition) is 2. The Hall–Kier alpha value is -2.29. The molecule has 1 aromatic carbocycles. The van der Waals surface area contributed by atoms with E-state index in [1.165, 1.54) is 23.7 Å². The molecule has 0 fully saturated rings. The molecule has 0 aliphatic heterocycles. The number of fused-ring (bicyclic) bond motifs is 1. The molecule has 2 radical (unpaired) electrons. The molecule has 0 aliphatic rings. The molecule has 4 nitrogen and oxygen atoms in total. The van der Waals surface area contributed by atoms with Gasteiger partial charge in [0.25, 0.3) is 0 Å². The van der Waals surface area contributed by atoms with Gasteiger partial charge in [0.2, 0.25) is 0 Å². The van der Waals surface area contributed by atoms with Crippen LogP contribution in [0.2, 0.25) is 0 Å². The summed E-state index contributed by atoms with van der Waals surface area (Å²) in [6.45, 7) is 0.149. The molecular formula is C14H10BF3N4S. The summed E-state index contributed by atoms with van der Waals surface area (Å²) in [5, 5.41) is 3.73. The van der Waals surface area contributed by atoms with E-state index in [0.29, 0.717) is 21.0 Å². The molecule has 3 rings (SSSR count). The summed E-state index contributed by atoms with van der Waals surface area (Å²) in [6, 6.07) is 5.18. The van der Waals surface area contributed by atoms with E-state index in [0.717, 1.165) is 17.5 Å². The van der Waals surface area contributed by atoms with Crippen molar-refractivity contribution >= 4 is 45.7 Å². The number of nitrogens with zero attached hydrogens (tertiary/aromatic N) is 2. The lowest BCUT2D eigenvalue weighted by Crippen LogP contribution is -2.09. The lowest BCUT2D eigenvalue weighted by Gasteiger charge is -2.11. The third-order valence-corrected chi connectivity index (χ3v) is 4.02. The standard InChI is InChI=1S/C14H10BF3N4S/c15-11-4-10-12(21-6-22-13(10)23-11)20-5-7-1-8(14(16,17)18)3-9(19)2-7/h1-4,6H,5,19H2,(H,20,21,22). The van der Waals surface area contributed by atoms with Crippen LogP contribution in [0.4, 0.5) is 24.7 Å². The Kier molecular flexibility index (Phi) is 3.89. The van der Waals surface area contributed by atoms with E-state index in [2.05, 4.69) is 15.3 Å². The van der Waals surface area contributed by atoms with Gasteiger partial charge in [-0.15, -0.1) is 11.3 Å². The molecular weight excluding hydrogens is 324 g/mol. The van der Waals surface area contributed by atoms with E-state index in [1.807, 2.05) is 0 Å². The molecule has 3 N–H and O–H groups in total. The first kappa shape index (κ1) is 15.6. The van der Waals surface area contributed by atoms with Gasteiger partial charge in [-0.25, -0.2) is 9.97 Å². The summed E-state index contributed by atoms with van der Waals surface area (Å²) in [5.74, 6) is 0.513. The topological polar surface area (TPSA) is 63.8 Å². The lowest BCUT2D eigenvalue weighted by atomic mass is 10.1. The summed E-state index contributed by atoms with van der Waals surface area (Å²) >= 11 is 1.31. The fraction of sp³-hybridized carbons (Fsp3) is 0.143. The highest BCUT2D eigenvalue weighted by molar-refractivity contribution is 7.25. The minimum atomic E-state index is -4.44. The SMILES string of the molecule is [B]c1cc2c(NCc3cc(N)cc(C(F)(F)F)c3)ncnc2s1. The van der Waals surface area contributed by atoms with Gasteiger partial charge < -0.3 is 11.1 Å². The number of benzene rings is 1. The van der Waals surface area contributed by atoms with Gasteiger partial charge in [-0.3, -0.25) is 0 Å². The highest BCUT2D eigenvalue weighted by atomic mass is 32.1. The molecule has 0 amide bonds. The predicted octanol–water partition coefficient (Wildman–Crippen LogP) is 2.70. The zero-order valence-electron chi connectivity index (χ0n) is 11.7. The Balaban J connectivity index is 1.86. The molecule has 2 heterocycles. The van der Waals surface area contributed by atoms with E-state index >= 15 is 0 Å². The maximum Gasteiger partial charge on any atom is 0.416 e. The molecule has 0 saturated carbocycles. The highest BCUT2D eigenvalue weighted by Gasteiger charge is 2.31. The second-order valence-electron chi connectivity index (χ2n) is 4.90. The van der Waals surface area contributed by atoms with Crippen LogP contribution in [0.15, 0.2) is 30.6 Å². The second-order valence-corrected chi connectivity index (χ2v) is 5.97. The van der Waals surface area contributed by atoms with Crippen LogP contribution in [0.25, 0.3) is 10.2 Å². The van der Waals surface area contributed by atoms with Gasteiger partial charge in [0, 0.05) is 12.2 Å². The Bertz CT molecular complexity index is 863. The van der Waals surface area contributed by atoms with Crippen molar-refractivity contribution in [2.75, 3.05) is 11.1 Å². The first-order valence-corrected chi connectivity index (χ1v) is 7.35. The first-order valence-electron chi connectivity index (χ1n) is 6.53. The highest BCUT2D eigenvalue weighted by Crippen LogP contribution is 2.31. The Morgan fingerprint density at radius 2 is 1.96 bits per heavy atom. The monoisotopic (exact) mass is 334 g/mol. The van der Waals surface area contributed by atoms with Crippen LogP contribution in [0.1, 0.15) is 11.1 Å². The predicted molar refractivity (Wildman–Crippen MR) is 86.0 cm³/mol. The van der Waals surface area contributed by atoms with Gasteiger partial charge in [-0.1, -0.05) is 0 Å². The third-order valence-electron chi connectivity index (χ3n) is 3.15. The summed E-state index contributed by atoms with van der Waals surface area (Å²) in [4.78, 5) is 8.91. The van der Waals surface area contributed by atoms with Crippen molar-refractivity contribution in [1.29, 1.82) is 0 Å². The molecule has 0 spiro atoms. The number of nitrogens with one attached hydrogen (secondary N) is 1. The summed E-state index contributed by atoms with van der Waals surface area (Å²) in [5.41, 5.74) is 5.24. The van der Waals surface area contributed by atoms with Crippen molar-refractivity contribution in [3.8, 4) is 0 Å². The molecule has 0 saturated heterocycles. The van der Waals surface area contributed by atoms with Crippen molar-refractivity contribution in [2.24, 2.45) is 0 Å². The molecule has 0 atom stereocenters. The Morgan fingerprint density at radius 1 is 1.17 bits per heavy atom. The number of aromatic nitrogens is 2. The Labute approximate surface area is 135 Å². The maximum atomic E-state index is 12.8. The van der Waals surface area contributed by atoms with Crippen LogP contribution < -0.4 is 15.8 Å². The average molecular weight is 334 g/mol. The van der Waals surface area contributed by atoms with Gasteiger partial charge in [0.1, 0.15) is 24.8 Å². The van der Waals surface area contributed by atoms with E-state index in [9.17, 15) is 13.2 Å². The van der Waals surface area contributed by atoms with Gasteiger partial charge in [0.15, 0.2) is 0 Å². The smallest absolute Gasteiger partial charge is 0.399 e. The van der Waals surface area contributed by atoms with Crippen molar-refractivity contribution in [2.45, 2.75) is 12.7 Å². The van der Waals surface area contributed by atoms with Gasteiger partial charge in [-0.05, 0) is 34.6 Å². The first-order chi connectivity index (χ1) is 10.8. The third kappa shape index (κ3) is 3.39. The normalized spacial score (nSPS) is 11.8. The number of rotatable bonds is 3. The number of nitrogen functional groups attached to an aromatic ring is 1. The maximum absolute atomic E-state index is 12.8. The van der Waals surface area contributed by atoms with Crippen molar-refractivity contribution < 1.29 is 13.2 Å².